The quantitative estimate of drug-likeness (QED) is 0.345. The van der Waals surface area contributed by atoms with Gasteiger partial charge in [-0.25, -0.2) is 0 Å². The summed E-state index contributed by atoms with van der Waals surface area (Å²) in [4.78, 5) is 15.6. The minimum atomic E-state index is -0.719. The van der Waals surface area contributed by atoms with Crippen molar-refractivity contribution >= 4 is 5.91 Å². The third kappa shape index (κ3) is 2.75. The molecule has 0 spiro atoms. The SMILES string of the molecule is COC12CC3(NC(C)C(=O)N4C(C)(C)CC[C@@]4(C)C#N)CC(C(C)C(C3)C1C)C2C.[HH].[HH].[HH].[HH].[HH].[HH].[HH].[HH].[HH].[HH].[HH].[HH].[HH].[HH].[HH].[HH].[HH].[HH].[HH].[HH].[HH].[HH].[HH].[HH].[HH].[HH].[HH].[HH].[HH].[HH].[HH].[HH].[HH].[HH].[HH].[HH].[HH].[HH].[HH].[HH].[HH].[HH].[HH].[HH].[HH].[HH].[HH].[HH].[HH].[HH].[HH].[HH].[HH].[HH].[HH].[HH].[HH].[HH].[HH].[HH].[HH].[HH].[HH].[HH].[HH].[HH].[HH].[HH].[HH].[HH].[HH].[HH].[HH].[HH].[HH].[HH].[HH].[HH].[HH].[HH].[HH].[HH].[HH].[HH].[HH].[HH].[HH].[HH].[HH].[HH].[HH].[HH].[HH].[HH].[HH].[HH]. The van der Waals surface area contributed by atoms with E-state index < -0.39 is 5.54 Å². The van der Waals surface area contributed by atoms with E-state index in [0.717, 1.165) is 32.1 Å². The number of methoxy groups -OCH3 is 1. The van der Waals surface area contributed by atoms with Gasteiger partial charge in [-0.15, -0.1) is 0 Å². The molecule has 0 aromatic carbocycles. The van der Waals surface area contributed by atoms with Crippen LogP contribution in [0.25, 0.3) is 0 Å². The molecule has 4 bridgehead atoms. The van der Waals surface area contributed by atoms with Crippen LogP contribution in [0.5, 0.6) is 0 Å². The fourth-order valence-electron chi connectivity index (χ4n) is 8.49. The monoisotopic (exact) mass is 609 g/mol. The summed E-state index contributed by atoms with van der Waals surface area (Å²) >= 11 is 0. The second-order valence-electron chi connectivity index (χ2n) is 12.0. The Morgan fingerprint density at radius 2 is 1.73 bits per heavy atom. The second kappa shape index (κ2) is 6.69. The van der Waals surface area contributed by atoms with Gasteiger partial charge in [0.2, 0.25) is 5.91 Å². The van der Waals surface area contributed by atoms with Crippen LogP contribution in [0.15, 0.2) is 0 Å². The van der Waals surface area contributed by atoms with E-state index in [4.69, 9.17) is 4.74 Å². The van der Waals surface area contributed by atoms with Gasteiger partial charge in [-0.05, 0) is 89.4 Å². The molecule has 30 heavy (non-hydrogen) atoms. The fraction of sp³-hybridized carbons (Fsp3) is 0.920. The maximum absolute atomic E-state index is 13.7. The van der Waals surface area contributed by atoms with Gasteiger partial charge in [0, 0.05) is 155 Å². The molecule has 1 heterocycles. The molecular weight excluding hydrogens is 374 g/mol. The van der Waals surface area contributed by atoms with Gasteiger partial charge >= 0.3 is 0 Å². The van der Waals surface area contributed by atoms with E-state index in [-0.39, 0.29) is 166 Å². The van der Waals surface area contributed by atoms with Gasteiger partial charge in [-0.1, -0.05) is 20.8 Å². The van der Waals surface area contributed by atoms with E-state index in [1.54, 1.807) is 0 Å². The molecule has 1 amide bonds. The van der Waals surface area contributed by atoms with E-state index in [0.29, 0.717) is 29.6 Å². The van der Waals surface area contributed by atoms with Crippen molar-refractivity contribution < 1.29 is 146 Å². The largest absolute Gasteiger partial charge is 0.378 e. The van der Waals surface area contributed by atoms with Gasteiger partial charge in [0.15, 0.2) is 0 Å². The lowest BCUT2D eigenvalue weighted by atomic mass is 9.41. The number of nitrogens with zero attached hydrogens (tertiary/aromatic N) is 2. The number of likely N-dealkylation sites (tertiary alicyclic amines) is 1. The average Bonchev–Trinajstić information content (AvgIpc) is 2.95. The van der Waals surface area contributed by atoms with Crippen LogP contribution in [0.1, 0.15) is 218 Å². The summed E-state index contributed by atoms with van der Waals surface area (Å²) in [5.41, 5.74) is -1.14. The highest BCUT2D eigenvalue weighted by molar-refractivity contribution is 5.84. The molecule has 1 aliphatic heterocycles. The minimum Gasteiger partial charge on any atom is -0.378 e. The van der Waals surface area contributed by atoms with Crippen molar-refractivity contribution in [3.63, 3.8) is 0 Å². The predicted molar refractivity (Wildman–Crippen MR) is 321 cm³/mol. The Kier molecular flexibility index (Phi) is 4.92. The highest BCUT2D eigenvalue weighted by Crippen LogP contribution is 2.65. The Morgan fingerprint density at radius 1 is 1.17 bits per heavy atom. The molecule has 5 fully saturated rings. The van der Waals surface area contributed by atoms with E-state index in [1.807, 2.05) is 25.9 Å². The first-order valence-electron chi connectivity index (χ1n) is 11.9. The van der Waals surface area contributed by atoms with Gasteiger partial charge in [-0.3, -0.25) is 4.79 Å². The number of hydrogen-bond donors (Lipinski definition) is 1. The smallest absolute Gasteiger partial charge is 0.241 e. The summed E-state index contributed by atoms with van der Waals surface area (Å²) < 4.78 is 6.30. The molecule has 360 valence electrons. The summed E-state index contributed by atoms with van der Waals surface area (Å²) in [6, 6.07) is 2.13. The van der Waals surface area contributed by atoms with Crippen LogP contribution in [0.3, 0.4) is 0 Å². The first kappa shape index (κ1) is 22.1. The zero-order chi connectivity index (χ0) is 22.3. The van der Waals surface area contributed by atoms with Gasteiger partial charge in [0.05, 0.1) is 17.7 Å². The molecule has 1 N–H and O–H groups in total. The standard InChI is InChI=1S/C25H41N3O2.96H2/c1-15-19-11-24(12-20(15)17(3)25(13-24,30-8)16(19)2)27-18(4)21(29)28-22(5,6)9-10-23(28,7)14-26;;;;;;;;;;;;;;;;;;;;;;;;;;;;;;;;;;;;;;;;;;;;;;;;;;;;;;;;;;;;;;;;;;;;;;;;;;;;;;;;;;;;;;;;;;;;;;;;/h15-20,27H,9-13H2,1-8H3;96*1H/t15?,16?,17?,18?,19?,20?,23-,24?,25?;;;;;;;;;;;;;;;;;;;;;;;;;;;;;;;;;;;;;;;;;;;;;;;;;;;;;;;;;;;;;;;;;;;;;;;;;;;;;;;;;;;;;;;;;;;;;;;;/m0................................................................................................/s1. The molecule has 0 aromatic heterocycles. The van der Waals surface area contributed by atoms with Crippen molar-refractivity contribution in [2.75, 3.05) is 7.11 Å². The summed E-state index contributed by atoms with van der Waals surface area (Å²) in [5.74, 6) is 3.14. The Hall–Kier alpha value is -1.12. The van der Waals surface area contributed by atoms with E-state index in [1.165, 1.54) is 0 Å². The number of carbonyl (C=O) groups excluding carboxylic acids is 1. The number of rotatable bonds is 4. The van der Waals surface area contributed by atoms with Crippen molar-refractivity contribution in [3.8, 4) is 6.07 Å². The van der Waals surface area contributed by atoms with Gasteiger partial charge in [-0.2, -0.15) is 5.26 Å². The normalized spacial score (nSPS) is 49.8. The lowest BCUT2D eigenvalue weighted by molar-refractivity contribution is -0.249. The molecule has 0 aromatic rings. The van der Waals surface area contributed by atoms with Crippen LogP contribution in [-0.4, -0.2) is 46.2 Å². The first-order valence-corrected chi connectivity index (χ1v) is 11.9. The molecule has 1 saturated heterocycles. The average molecular weight is 609 g/mol. The van der Waals surface area contributed by atoms with E-state index in [9.17, 15) is 10.1 Å². The maximum atomic E-state index is 13.7. The molecule has 5 unspecified atom stereocenters. The molecule has 4 saturated carbocycles. The van der Waals surface area contributed by atoms with E-state index in [2.05, 4.69) is 46.0 Å². The summed E-state index contributed by atoms with van der Waals surface area (Å²) in [6.07, 6.45) is 4.84. The van der Waals surface area contributed by atoms with Crippen LogP contribution < -0.4 is 5.32 Å². The van der Waals surface area contributed by atoms with Crippen LogP contribution in [-0.2, 0) is 9.53 Å². The van der Waals surface area contributed by atoms with Crippen molar-refractivity contribution in [2.24, 2.45) is 29.6 Å². The minimum absolute atomic E-state index is 0. The van der Waals surface area contributed by atoms with Gasteiger partial charge < -0.3 is 15.0 Å². The highest BCUT2D eigenvalue weighted by Gasteiger charge is 2.67. The molecule has 5 rings (SSSR count). The van der Waals surface area contributed by atoms with Crippen molar-refractivity contribution in [1.29, 1.82) is 5.26 Å². The molecule has 6 atom stereocenters. The second-order valence-corrected chi connectivity index (χ2v) is 12.0. The van der Waals surface area contributed by atoms with Crippen LogP contribution in [0.4, 0.5) is 0 Å². The van der Waals surface area contributed by atoms with E-state index >= 15 is 0 Å². The van der Waals surface area contributed by atoms with Crippen LogP contribution in [0, 0.1) is 40.9 Å². The number of nitriles is 1. The summed E-state index contributed by atoms with van der Waals surface area (Å²) in [6.45, 7) is 15.3. The van der Waals surface area contributed by atoms with Gasteiger partial charge in [0.25, 0.3) is 0 Å². The third-order valence-electron chi connectivity index (χ3n) is 10.1. The van der Waals surface area contributed by atoms with Crippen molar-refractivity contribution in [1.82, 2.24) is 10.2 Å². The first-order chi connectivity index (χ1) is 13.9. The zero-order valence-electron chi connectivity index (χ0n) is 20.2. The molecule has 5 aliphatic rings. The molecule has 5 nitrogen and oxygen atoms in total. The Labute approximate surface area is 325 Å². The lowest BCUT2D eigenvalue weighted by Gasteiger charge is -2.70. The molecule has 5 heteroatoms. The number of hydrogen-bond acceptors (Lipinski definition) is 4. The Balaban J connectivity index is -0.00000000125. The maximum Gasteiger partial charge on any atom is 0.241 e. The zero-order valence-corrected chi connectivity index (χ0v) is 20.2. The number of nitrogens with one attached hydrogen (secondary N) is 1. The topological polar surface area (TPSA) is 65.4 Å². The highest BCUT2D eigenvalue weighted by atomic mass is 16.5. The van der Waals surface area contributed by atoms with Crippen molar-refractivity contribution in [3.05, 3.63) is 0 Å². The Bertz CT molecular complexity index is 851. The van der Waals surface area contributed by atoms with Crippen LogP contribution >= 0.6 is 0 Å². The van der Waals surface area contributed by atoms with Crippen LogP contribution in [0.2, 0.25) is 0 Å². The fourth-order valence-corrected chi connectivity index (χ4v) is 8.49. The van der Waals surface area contributed by atoms with Crippen molar-refractivity contribution in [2.45, 2.75) is 109 Å². The summed E-state index contributed by atoms with van der Waals surface area (Å²) in [5, 5.41) is 13.7. The predicted octanol–water partition coefficient (Wildman–Crippen LogP) is 27.7. The molecular formula is C25H233N3O2. The molecule has 4 aliphatic carbocycles. The Morgan fingerprint density at radius 3 is 2.23 bits per heavy atom. The lowest BCUT2D eigenvalue weighted by Crippen LogP contribution is -2.75. The number of ether oxygens (including phenoxy) is 1. The molecule has 0 radical (unpaired) electrons. The number of carbonyl (C=O) groups is 1. The summed E-state index contributed by atoms with van der Waals surface area (Å²) in [7, 11) is 1.89. The third-order valence-corrected chi connectivity index (χ3v) is 10.1. The number of amides is 1. The van der Waals surface area contributed by atoms with Gasteiger partial charge in [0.1, 0.15) is 5.54 Å².